The van der Waals surface area contributed by atoms with Crippen molar-refractivity contribution in [1.82, 2.24) is 25.3 Å². The Bertz CT molecular complexity index is 696. The van der Waals surface area contributed by atoms with Gasteiger partial charge in [0.15, 0.2) is 0 Å². The Hall–Kier alpha value is -2.18. The number of aromatic nitrogens is 4. The summed E-state index contributed by atoms with van der Waals surface area (Å²) in [7, 11) is 1.89. The highest BCUT2D eigenvalue weighted by molar-refractivity contribution is 5.75. The van der Waals surface area contributed by atoms with Gasteiger partial charge in [0, 0.05) is 32.0 Å². The van der Waals surface area contributed by atoms with Crippen LogP contribution in [0.2, 0.25) is 0 Å². The highest BCUT2D eigenvalue weighted by Gasteiger charge is 2.15. The van der Waals surface area contributed by atoms with Gasteiger partial charge in [-0.15, -0.1) is 10.2 Å². The molecule has 0 aromatic carbocycles. The van der Waals surface area contributed by atoms with Gasteiger partial charge in [0.25, 0.3) is 0 Å². The molecular formula is C19H29N5O2. The smallest absolute Gasteiger partial charge is 0.220 e. The number of nitrogens with zero attached hydrogens (tertiary/aromatic N) is 4. The van der Waals surface area contributed by atoms with E-state index in [-0.39, 0.29) is 5.91 Å². The summed E-state index contributed by atoms with van der Waals surface area (Å²) in [5.74, 6) is 2.03. The fraction of sp³-hybridized carbons (Fsp3) is 0.684. The van der Waals surface area contributed by atoms with Gasteiger partial charge in [-0.1, -0.05) is 32.1 Å². The van der Waals surface area contributed by atoms with Crippen molar-refractivity contribution in [2.75, 3.05) is 0 Å². The molecule has 1 N–H and O–H groups in total. The Morgan fingerprint density at radius 1 is 1.23 bits per heavy atom. The largest absolute Gasteiger partial charge is 0.425 e. The van der Waals surface area contributed by atoms with Crippen LogP contribution in [0.25, 0.3) is 0 Å². The molecule has 0 unspecified atom stereocenters. The van der Waals surface area contributed by atoms with Crippen LogP contribution in [-0.4, -0.2) is 25.9 Å². The lowest BCUT2D eigenvalue weighted by Gasteiger charge is -2.20. The molecular weight excluding hydrogens is 330 g/mol. The van der Waals surface area contributed by atoms with Crippen molar-refractivity contribution in [3.8, 4) is 0 Å². The summed E-state index contributed by atoms with van der Waals surface area (Å²) in [6.07, 6.45) is 9.55. The molecule has 2 heterocycles. The summed E-state index contributed by atoms with van der Waals surface area (Å²) < 4.78 is 7.49. The van der Waals surface area contributed by atoms with Crippen LogP contribution in [0.5, 0.6) is 0 Å². The lowest BCUT2D eigenvalue weighted by molar-refractivity contribution is -0.121. The van der Waals surface area contributed by atoms with E-state index in [4.69, 9.17) is 4.42 Å². The second-order valence-electron chi connectivity index (χ2n) is 7.31. The molecule has 3 rings (SSSR count). The van der Waals surface area contributed by atoms with Crippen molar-refractivity contribution < 1.29 is 9.21 Å². The highest BCUT2D eigenvalue weighted by Crippen LogP contribution is 2.27. The molecule has 142 valence electrons. The highest BCUT2D eigenvalue weighted by atomic mass is 16.4. The number of hydrogen-bond donors (Lipinski definition) is 1. The van der Waals surface area contributed by atoms with Crippen molar-refractivity contribution in [3.63, 3.8) is 0 Å². The quantitative estimate of drug-likeness (QED) is 0.783. The van der Waals surface area contributed by atoms with Gasteiger partial charge < -0.3 is 9.73 Å². The molecule has 0 atom stereocenters. The fourth-order valence-corrected chi connectivity index (χ4v) is 3.51. The van der Waals surface area contributed by atoms with Crippen LogP contribution in [0, 0.1) is 12.8 Å². The first kappa shape index (κ1) is 18.6. The second kappa shape index (κ2) is 8.96. The van der Waals surface area contributed by atoms with Crippen LogP contribution < -0.4 is 5.32 Å². The predicted molar refractivity (Wildman–Crippen MR) is 97.3 cm³/mol. The SMILES string of the molecule is Cc1cc(CNC(=O)CCc2nnc(CCC3CCCCC3)o2)nn1C. The van der Waals surface area contributed by atoms with E-state index >= 15 is 0 Å². The lowest BCUT2D eigenvalue weighted by Crippen LogP contribution is -2.23. The van der Waals surface area contributed by atoms with Gasteiger partial charge in [0.2, 0.25) is 17.7 Å². The van der Waals surface area contributed by atoms with Crippen LogP contribution in [0.4, 0.5) is 0 Å². The molecule has 0 saturated heterocycles. The number of carbonyl (C=O) groups is 1. The molecule has 1 saturated carbocycles. The zero-order valence-corrected chi connectivity index (χ0v) is 15.8. The Kier molecular flexibility index (Phi) is 6.41. The molecule has 2 aromatic rings. The summed E-state index contributed by atoms with van der Waals surface area (Å²) in [6.45, 7) is 2.43. The van der Waals surface area contributed by atoms with E-state index in [0.29, 0.717) is 31.2 Å². The Balaban J connectivity index is 1.36. The Labute approximate surface area is 154 Å². The lowest BCUT2D eigenvalue weighted by atomic mass is 9.86. The maximum absolute atomic E-state index is 12.0. The molecule has 0 radical (unpaired) electrons. The third-order valence-electron chi connectivity index (χ3n) is 5.20. The molecule has 1 aliphatic carbocycles. The second-order valence-corrected chi connectivity index (χ2v) is 7.31. The van der Waals surface area contributed by atoms with Gasteiger partial charge in [-0.25, -0.2) is 0 Å². The third-order valence-corrected chi connectivity index (χ3v) is 5.20. The van der Waals surface area contributed by atoms with Crippen LogP contribution in [0.1, 0.15) is 68.1 Å². The minimum atomic E-state index is -0.0322. The van der Waals surface area contributed by atoms with E-state index in [0.717, 1.165) is 30.1 Å². The normalized spacial score (nSPS) is 15.3. The summed E-state index contributed by atoms with van der Waals surface area (Å²) in [6, 6.07) is 1.97. The summed E-state index contributed by atoms with van der Waals surface area (Å²) in [4.78, 5) is 12.0. The van der Waals surface area contributed by atoms with Gasteiger partial charge in [0.1, 0.15) is 0 Å². The molecule has 1 amide bonds. The van der Waals surface area contributed by atoms with Crippen LogP contribution in [0.3, 0.4) is 0 Å². The average Bonchev–Trinajstić information content (AvgIpc) is 3.24. The minimum absolute atomic E-state index is 0.0322. The van der Waals surface area contributed by atoms with E-state index in [1.54, 1.807) is 4.68 Å². The van der Waals surface area contributed by atoms with Crippen molar-refractivity contribution >= 4 is 5.91 Å². The Morgan fingerprint density at radius 2 is 1.96 bits per heavy atom. The van der Waals surface area contributed by atoms with Crippen molar-refractivity contribution in [3.05, 3.63) is 29.2 Å². The van der Waals surface area contributed by atoms with Crippen molar-refractivity contribution in [2.45, 2.75) is 71.3 Å². The molecule has 1 aliphatic rings. The number of amides is 1. The topological polar surface area (TPSA) is 85.8 Å². The van der Waals surface area contributed by atoms with Gasteiger partial charge in [0.05, 0.1) is 12.2 Å². The van der Waals surface area contributed by atoms with Crippen LogP contribution in [0.15, 0.2) is 10.5 Å². The van der Waals surface area contributed by atoms with E-state index in [2.05, 4.69) is 20.6 Å². The molecule has 7 heteroatoms. The van der Waals surface area contributed by atoms with Gasteiger partial charge in [-0.3, -0.25) is 9.48 Å². The summed E-state index contributed by atoms with van der Waals surface area (Å²) in [5.41, 5.74) is 1.93. The summed E-state index contributed by atoms with van der Waals surface area (Å²) >= 11 is 0. The maximum Gasteiger partial charge on any atom is 0.220 e. The van der Waals surface area contributed by atoms with Crippen molar-refractivity contribution in [2.24, 2.45) is 13.0 Å². The van der Waals surface area contributed by atoms with E-state index in [1.807, 2.05) is 20.0 Å². The third kappa shape index (κ3) is 5.41. The van der Waals surface area contributed by atoms with Crippen LogP contribution in [-0.2, 0) is 31.2 Å². The van der Waals surface area contributed by atoms with E-state index in [1.165, 1.54) is 32.1 Å². The van der Waals surface area contributed by atoms with Gasteiger partial charge in [-0.2, -0.15) is 5.10 Å². The standard InChI is InChI=1S/C19H29N5O2/c1-14-12-16(23-24(14)2)13-20-17(25)9-11-19-22-21-18(26-19)10-8-15-6-4-3-5-7-15/h12,15H,3-11,13H2,1-2H3,(H,20,25). The van der Waals surface area contributed by atoms with Crippen molar-refractivity contribution in [1.29, 1.82) is 0 Å². The predicted octanol–water partition coefficient (Wildman–Crippen LogP) is 2.87. The van der Waals surface area contributed by atoms with Gasteiger partial charge >= 0.3 is 0 Å². The number of aryl methyl sites for hydroxylation is 4. The zero-order valence-electron chi connectivity index (χ0n) is 15.8. The molecule has 7 nitrogen and oxygen atoms in total. The molecule has 26 heavy (non-hydrogen) atoms. The monoisotopic (exact) mass is 359 g/mol. The number of carbonyl (C=O) groups excluding carboxylic acids is 1. The van der Waals surface area contributed by atoms with Crippen LogP contribution >= 0.6 is 0 Å². The van der Waals surface area contributed by atoms with Gasteiger partial charge in [-0.05, 0) is 25.3 Å². The summed E-state index contributed by atoms with van der Waals surface area (Å²) in [5, 5.41) is 15.4. The maximum atomic E-state index is 12.0. The fourth-order valence-electron chi connectivity index (χ4n) is 3.51. The number of rotatable bonds is 8. The zero-order chi connectivity index (χ0) is 18.4. The first-order valence-corrected chi connectivity index (χ1v) is 9.67. The molecule has 1 fully saturated rings. The number of hydrogen-bond acceptors (Lipinski definition) is 5. The minimum Gasteiger partial charge on any atom is -0.425 e. The number of nitrogens with one attached hydrogen (secondary N) is 1. The van der Waals surface area contributed by atoms with E-state index in [9.17, 15) is 4.79 Å². The molecule has 0 bridgehead atoms. The van der Waals surface area contributed by atoms with E-state index < -0.39 is 0 Å². The first-order chi connectivity index (χ1) is 12.6. The Morgan fingerprint density at radius 3 is 2.65 bits per heavy atom. The first-order valence-electron chi connectivity index (χ1n) is 9.67. The molecule has 2 aromatic heterocycles. The molecule has 0 spiro atoms. The average molecular weight is 359 g/mol. The molecule has 0 aliphatic heterocycles.